The second-order valence-electron chi connectivity index (χ2n) is 6.64. The number of carbonyl (C=O) groups excluding carboxylic acids is 1. The van der Waals surface area contributed by atoms with E-state index in [1.807, 2.05) is 62.4 Å². The number of nitrogens with one attached hydrogen (secondary N) is 2. The van der Waals surface area contributed by atoms with Crippen LogP contribution in [0.4, 0.5) is 11.5 Å². The molecular weight excluding hydrogens is 352 g/mol. The SMILES string of the molecule is Cc1nc(NCc2ccccc2)cc(C(=O)Nc2ccccc2OC(C)C)n1. The van der Waals surface area contributed by atoms with Crippen molar-refractivity contribution in [3.8, 4) is 5.75 Å². The van der Waals surface area contributed by atoms with Crippen LogP contribution >= 0.6 is 0 Å². The van der Waals surface area contributed by atoms with Gasteiger partial charge in [-0.25, -0.2) is 9.97 Å². The number of aryl methyl sites for hydroxylation is 1. The highest BCUT2D eigenvalue weighted by molar-refractivity contribution is 6.04. The first-order chi connectivity index (χ1) is 13.5. The van der Waals surface area contributed by atoms with E-state index in [-0.39, 0.29) is 12.0 Å². The lowest BCUT2D eigenvalue weighted by atomic mass is 10.2. The molecule has 0 saturated heterocycles. The maximum atomic E-state index is 12.7. The van der Waals surface area contributed by atoms with Crippen molar-refractivity contribution >= 4 is 17.4 Å². The van der Waals surface area contributed by atoms with Crippen LogP contribution in [-0.4, -0.2) is 22.0 Å². The van der Waals surface area contributed by atoms with Crippen LogP contribution in [0, 0.1) is 6.92 Å². The van der Waals surface area contributed by atoms with Gasteiger partial charge in [0.1, 0.15) is 23.1 Å². The van der Waals surface area contributed by atoms with Gasteiger partial charge in [-0.1, -0.05) is 42.5 Å². The number of amides is 1. The molecule has 0 fully saturated rings. The van der Waals surface area contributed by atoms with Gasteiger partial charge in [0.2, 0.25) is 0 Å². The topological polar surface area (TPSA) is 76.1 Å². The van der Waals surface area contributed by atoms with Gasteiger partial charge in [-0.2, -0.15) is 0 Å². The lowest BCUT2D eigenvalue weighted by Gasteiger charge is -2.15. The number of carbonyl (C=O) groups is 1. The van der Waals surface area contributed by atoms with Crippen molar-refractivity contribution in [3.05, 3.63) is 77.7 Å². The molecule has 3 aromatic rings. The summed E-state index contributed by atoms with van der Waals surface area (Å²) >= 11 is 0. The predicted molar refractivity (Wildman–Crippen MR) is 111 cm³/mol. The minimum atomic E-state index is -0.312. The van der Waals surface area contributed by atoms with E-state index in [4.69, 9.17) is 4.74 Å². The monoisotopic (exact) mass is 376 g/mol. The zero-order valence-corrected chi connectivity index (χ0v) is 16.3. The third-order valence-corrected chi connectivity index (χ3v) is 3.88. The number of rotatable bonds is 7. The van der Waals surface area contributed by atoms with Gasteiger partial charge >= 0.3 is 0 Å². The Morgan fingerprint density at radius 3 is 2.50 bits per heavy atom. The number of anilines is 2. The molecule has 6 nitrogen and oxygen atoms in total. The molecule has 0 aliphatic heterocycles. The van der Waals surface area contributed by atoms with E-state index < -0.39 is 0 Å². The normalized spacial score (nSPS) is 10.6. The van der Waals surface area contributed by atoms with Gasteiger partial charge in [-0.05, 0) is 38.5 Å². The van der Waals surface area contributed by atoms with Crippen molar-refractivity contribution in [2.24, 2.45) is 0 Å². The highest BCUT2D eigenvalue weighted by Gasteiger charge is 2.14. The van der Waals surface area contributed by atoms with E-state index >= 15 is 0 Å². The van der Waals surface area contributed by atoms with Gasteiger partial charge in [0.05, 0.1) is 11.8 Å². The van der Waals surface area contributed by atoms with Gasteiger partial charge in [-0.3, -0.25) is 4.79 Å². The summed E-state index contributed by atoms with van der Waals surface area (Å²) in [6.07, 6.45) is 0.00753. The van der Waals surface area contributed by atoms with Crippen LogP contribution in [0.3, 0.4) is 0 Å². The third-order valence-electron chi connectivity index (χ3n) is 3.88. The van der Waals surface area contributed by atoms with Gasteiger partial charge < -0.3 is 15.4 Å². The molecule has 0 spiro atoms. The molecule has 0 aliphatic carbocycles. The molecule has 144 valence electrons. The Labute approximate surface area is 165 Å². The fourth-order valence-electron chi connectivity index (χ4n) is 2.68. The molecule has 3 rings (SSSR count). The molecule has 2 aromatic carbocycles. The summed E-state index contributed by atoms with van der Waals surface area (Å²) < 4.78 is 5.76. The first-order valence-electron chi connectivity index (χ1n) is 9.22. The zero-order valence-electron chi connectivity index (χ0n) is 16.3. The van der Waals surface area contributed by atoms with Crippen molar-refractivity contribution in [3.63, 3.8) is 0 Å². The van der Waals surface area contributed by atoms with Crippen molar-refractivity contribution in [1.29, 1.82) is 0 Å². The number of hydrogen-bond acceptors (Lipinski definition) is 5. The van der Waals surface area contributed by atoms with Crippen molar-refractivity contribution in [2.45, 2.75) is 33.4 Å². The highest BCUT2D eigenvalue weighted by atomic mass is 16.5. The lowest BCUT2D eigenvalue weighted by Crippen LogP contribution is -2.17. The highest BCUT2D eigenvalue weighted by Crippen LogP contribution is 2.25. The zero-order chi connectivity index (χ0) is 19.9. The molecular formula is C22H24N4O2. The summed E-state index contributed by atoms with van der Waals surface area (Å²) in [6.45, 7) is 6.26. The predicted octanol–water partition coefficient (Wildman–Crippen LogP) is 4.44. The Balaban J connectivity index is 1.74. The maximum absolute atomic E-state index is 12.7. The van der Waals surface area contributed by atoms with E-state index in [0.29, 0.717) is 35.3 Å². The standard InChI is InChI=1S/C22H24N4O2/c1-15(2)28-20-12-8-7-11-18(20)26-22(27)19-13-21(25-16(3)24-19)23-14-17-9-5-4-6-10-17/h4-13,15H,14H2,1-3H3,(H,26,27)(H,23,24,25). The molecule has 1 aromatic heterocycles. The van der Waals surface area contributed by atoms with Gasteiger partial charge in [0.15, 0.2) is 0 Å². The average molecular weight is 376 g/mol. The molecule has 6 heteroatoms. The van der Waals surface area contributed by atoms with Crippen LogP contribution in [-0.2, 0) is 6.54 Å². The summed E-state index contributed by atoms with van der Waals surface area (Å²) in [5.74, 6) is 1.44. The second-order valence-corrected chi connectivity index (χ2v) is 6.64. The van der Waals surface area contributed by atoms with Crippen LogP contribution in [0.25, 0.3) is 0 Å². The quantitative estimate of drug-likeness (QED) is 0.638. The van der Waals surface area contributed by atoms with Crippen LogP contribution in [0.5, 0.6) is 5.75 Å². The van der Waals surface area contributed by atoms with E-state index in [0.717, 1.165) is 5.56 Å². The van der Waals surface area contributed by atoms with E-state index in [9.17, 15) is 4.79 Å². The van der Waals surface area contributed by atoms with Crippen LogP contribution < -0.4 is 15.4 Å². The molecule has 1 heterocycles. The fraction of sp³-hybridized carbons (Fsp3) is 0.227. The molecule has 0 bridgehead atoms. The minimum Gasteiger partial charge on any atom is -0.489 e. The Bertz CT molecular complexity index is 942. The Morgan fingerprint density at radius 2 is 1.75 bits per heavy atom. The minimum absolute atomic E-state index is 0.00753. The number of nitrogens with zero attached hydrogens (tertiary/aromatic N) is 2. The molecule has 0 unspecified atom stereocenters. The van der Waals surface area contributed by atoms with Gasteiger partial charge in [-0.15, -0.1) is 0 Å². The number of para-hydroxylation sites is 2. The fourth-order valence-corrected chi connectivity index (χ4v) is 2.68. The van der Waals surface area contributed by atoms with E-state index in [2.05, 4.69) is 20.6 Å². The van der Waals surface area contributed by atoms with Crippen molar-refractivity contribution in [1.82, 2.24) is 9.97 Å². The van der Waals surface area contributed by atoms with Crippen molar-refractivity contribution in [2.75, 3.05) is 10.6 Å². The maximum Gasteiger partial charge on any atom is 0.274 e. The van der Waals surface area contributed by atoms with E-state index in [1.165, 1.54) is 0 Å². The summed E-state index contributed by atoms with van der Waals surface area (Å²) in [6, 6.07) is 19.0. The Kier molecular flexibility index (Phi) is 6.22. The third kappa shape index (κ3) is 5.30. The average Bonchev–Trinajstić information content (AvgIpc) is 2.68. The Hall–Kier alpha value is -3.41. The number of ether oxygens (including phenoxy) is 1. The number of hydrogen-bond donors (Lipinski definition) is 2. The largest absolute Gasteiger partial charge is 0.489 e. The number of benzene rings is 2. The summed E-state index contributed by atoms with van der Waals surface area (Å²) in [5.41, 5.74) is 2.03. The molecule has 28 heavy (non-hydrogen) atoms. The van der Waals surface area contributed by atoms with Crippen LogP contribution in [0.1, 0.15) is 35.7 Å². The molecule has 0 atom stereocenters. The molecule has 0 saturated carbocycles. The first-order valence-corrected chi connectivity index (χ1v) is 9.22. The van der Waals surface area contributed by atoms with Gasteiger partial charge in [0.25, 0.3) is 5.91 Å². The van der Waals surface area contributed by atoms with E-state index in [1.54, 1.807) is 19.1 Å². The van der Waals surface area contributed by atoms with Crippen molar-refractivity contribution < 1.29 is 9.53 Å². The number of aromatic nitrogens is 2. The summed E-state index contributed by atoms with van der Waals surface area (Å²) in [5, 5.41) is 6.12. The van der Waals surface area contributed by atoms with Gasteiger partial charge in [0, 0.05) is 12.6 Å². The van der Waals surface area contributed by atoms with Crippen LogP contribution in [0.2, 0.25) is 0 Å². The van der Waals surface area contributed by atoms with Crippen LogP contribution in [0.15, 0.2) is 60.7 Å². The Morgan fingerprint density at radius 1 is 1.04 bits per heavy atom. The molecule has 0 radical (unpaired) electrons. The first kappa shape index (κ1) is 19.4. The smallest absolute Gasteiger partial charge is 0.274 e. The second kappa shape index (κ2) is 8.99. The molecule has 0 aliphatic rings. The molecule has 1 amide bonds. The lowest BCUT2D eigenvalue weighted by molar-refractivity contribution is 0.102. The summed E-state index contributed by atoms with van der Waals surface area (Å²) in [4.78, 5) is 21.4. The molecule has 2 N–H and O–H groups in total. The summed E-state index contributed by atoms with van der Waals surface area (Å²) in [7, 11) is 0.